The molecule has 3 heterocycles. The number of furan rings is 1. The largest absolute Gasteiger partial charge is 0.455 e. The Bertz CT molecular complexity index is 4580. The van der Waals surface area contributed by atoms with Gasteiger partial charge in [0.15, 0.2) is 0 Å². The molecule has 0 spiro atoms. The average molecular weight is 1190 g/mol. The summed E-state index contributed by atoms with van der Waals surface area (Å²) >= 11 is 1.99. The number of thiophene rings is 1. The van der Waals surface area contributed by atoms with Crippen molar-refractivity contribution in [3.05, 3.63) is 214 Å². The summed E-state index contributed by atoms with van der Waals surface area (Å²) < 4.78 is 10.1. The Kier molecular flexibility index (Phi) is 13.3. The number of hydrogen-bond acceptors (Lipinski definition) is 5. The number of anilines is 8. The van der Waals surface area contributed by atoms with Gasteiger partial charge in [0.05, 0.1) is 5.69 Å². The second-order valence-corrected chi connectivity index (χ2v) is 33.4. The van der Waals surface area contributed by atoms with Gasteiger partial charge in [-0.2, -0.15) is 0 Å². The summed E-state index contributed by atoms with van der Waals surface area (Å²) in [7, 11) is 0.756. The Morgan fingerprint density at radius 1 is 0.483 bits per heavy atom. The van der Waals surface area contributed by atoms with Crippen molar-refractivity contribution < 1.29 is 4.42 Å². The normalized spacial score (nSPS) is 15.8. The minimum absolute atomic E-state index is 0.0000285. The van der Waals surface area contributed by atoms with Gasteiger partial charge in [0, 0.05) is 77.2 Å². The predicted molar refractivity (Wildman–Crippen MR) is 388 cm³/mol. The number of rotatable bonds is 7. The minimum atomic E-state index is -0.362. The van der Waals surface area contributed by atoms with E-state index in [4.69, 9.17) is 4.42 Å². The smallest absolute Gasteiger partial charge is 0.211 e. The van der Waals surface area contributed by atoms with Crippen LogP contribution in [0.5, 0.6) is 0 Å². The summed E-state index contributed by atoms with van der Waals surface area (Å²) in [5.41, 5.74) is 27.8. The molecule has 89 heavy (non-hydrogen) atoms. The van der Waals surface area contributed by atoms with Gasteiger partial charge in [0.1, 0.15) is 11.2 Å². The van der Waals surface area contributed by atoms with E-state index in [9.17, 15) is 0 Å². The van der Waals surface area contributed by atoms with Gasteiger partial charge in [-0.1, -0.05) is 197 Å². The maximum absolute atomic E-state index is 7.38. The molecular weight excluding hydrogens is 1100 g/mol. The molecule has 0 atom stereocenters. The van der Waals surface area contributed by atoms with Crippen molar-refractivity contribution >= 4 is 106 Å². The zero-order chi connectivity index (χ0) is 62.9. The summed E-state index contributed by atoms with van der Waals surface area (Å²) in [6, 6.07) is 65.7. The molecular formula is C83H88BN3OS. The molecule has 1 aliphatic heterocycles. The quantitative estimate of drug-likeness (QED) is 0.161. The molecule has 14 rings (SSSR count). The Balaban J connectivity index is 1.03. The lowest BCUT2D eigenvalue weighted by molar-refractivity contribution is 0.332. The zero-order valence-corrected chi connectivity index (χ0v) is 56.8. The molecule has 0 amide bonds. The van der Waals surface area contributed by atoms with E-state index in [1.54, 1.807) is 0 Å². The van der Waals surface area contributed by atoms with Gasteiger partial charge < -0.3 is 19.5 Å². The van der Waals surface area contributed by atoms with Crippen LogP contribution >= 0.6 is 11.3 Å². The molecule has 450 valence electrons. The average Bonchev–Trinajstić information content (AvgIpc) is 1.61. The Morgan fingerprint density at radius 2 is 1.00 bits per heavy atom. The first-order chi connectivity index (χ1) is 41.8. The summed E-state index contributed by atoms with van der Waals surface area (Å²) in [6.07, 6.45) is 2.34. The molecule has 0 saturated heterocycles. The standard InChI is InChI=1S/C83H88BN3OS/c1-77(2,3)49-23-31-53(32-24-49)85-68-47-65-60(58-40-39-57(43-64(58)83(65,17)18)86(54-33-25-50(26-34-54)78(4,5)6)55-35-27-51(28-36-55)79(7,8)9)44-62(68)72-73-69(46-61-59-21-19-20-22-70(59)88-75(61)72)87(56-37-29-52(30-38-56)80(10,11)12)74-63-45-66-67(48-71(63)89-76(74)84-73)82(15,16)42-41-81(66,13)14/h19-40,43-48,84-85H,41-42H2,1-18H3. The van der Waals surface area contributed by atoms with E-state index >= 15 is 0 Å². The maximum Gasteiger partial charge on any atom is 0.211 e. The predicted octanol–water partition coefficient (Wildman–Crippen LogP) is 22.7. The van der Waals surface area contributed by atoms with Gasteiger partial charge in [0.2, 0.25) is 7.28 Å². The zero-order valence-electron chi connectivity index (χ0n) is 56.0. The summed E-state index contributed by atoms with van der Waals surface area (Å²) in [6.45, 7) is 42.3. The first-order valence-electron chi connectivity index (χ1n) is 32.6. The van der Waals surface area contributed by atoms with Gasteiger partial charge in [-0.05, 0) is 208 Å². The van der Waals surface area contributed by atoms with Crippen LogP contribution in [0.15, 0.2) is 174 Å². The first kappa shape index (κ1) is 58.9. The molecule has 3 aliphatic rings. The molecule has 0 radical (unpaired) electrons. The first-order valence-corrected chi connectivity index (χ1v) is 33.4. The Labute approximate surface area is 534 Å². The highest BCUT2D eigenvalue weighted by Gasteiger charge is 2.42. The lowest BCUT2D eigenvalue weighted by Crippen LogP contribution is -2.39. The third-order valence-electron chi connectivity index (χ3n) is 20.6. The lowest BCUT2D eigenvalue weighted by atomic mass is 9.61. The van der Waals surface area contributed by atoms with Gasteiger partial charge in [-0.15, -0.1) is 11.3 Å². The van der Waals surface area contributed by atoms with Crippen molar-refractivity contribution in [2.45, 2.75) is 175 Å². The van der Waals surface area contributed by atoms with E-state index < -0.39 is 0 Å². The van der Waals surface area contributed by atoms with Crippen molar-refractivity contribution in [1.29, 1.82) is 0 Å². The van der Waals surface area contributed by atoms with Crippen molar-refractivity contribution in [3.63, 3.8) is 0 Å². The summed E-state index contributed by atoms with van der Waals surface area (Å²) in [5, 5.41) is 7.72. The third-order valence-corrected chi connectivity index (χ3v) is 21.7. The van der Waals surface area contributed by atoms with Crippen LogP contribution in [0.4, 0.5) is 45.5 Å². The number of benzene rings is 9. The Hall–Kier alpha value is -7.80. The van der Waals surface area contributed by atoms with Crippen molar-refractivity contribution in [2.75, 3.05) is 15.1 Å². The minimum Gasteiger partial charge on any atom is -0.455 e. The molecule has 0 unspecified atom stereocenters. The van der Waals surface area contributed by atoms with Crippen LogP contribution in [0, 0.1) is 0 Å². The fourth-order valence-corrected chi connectivity index (χ4v) is 16.1. The Morgan fingerprint density at radius 3 is 1.57 bits per heavy atom. The third kappa shape index (κ3) is 9.85. The van der Waals surface area contributed by atoms with E-state index in [-0.39, 0.29) is 37.9 Å². The summed E-state index contributed by atoms with van der Waals surface area (Å²) in [5.74, 6) is 0. The van der Waals surface area contributed by atoms with E-state index in [0.717, 1.165) is 80.9 Å². The highest BCUT2D eigenvalue weighted by Crippen LogP contribution is 2.56. The number of nitrogens with zero attached hydrogens (tertiary/aromatic N) is 2. The molecule has 0 fully saturated rings. The molecule has 11 aromatic rings. The summed E-state index contributed by atoms with van der Waals surface area (Å²) in [4.78, 5) is 5.09. The number of para-hydroxylation sites is 1. The van der Waals surface area contributed by atoms with Gasteiger partial charge in [0.25, 0.3) is 0 Å². The van der Waals surface area contributed by atoms with E-state index in [1.807, 2.05) is 11.3 Å². The number of fused-ring (bicyclic) bond motifs is 11. The van der Waals surface area contributed by atoms with Crippen LogP contribution in [-0.4, -0.2) is 7.28 Å². The monoisotopic (exact) mass is 1190 g/mol. The lowest BCUT2D eigenvalue weighted by Gasteiger charge is -2.42. The maximum atomic E-state index is 7.38. The van der Waals surface area contributed by atoms with Crippen LogP contribution in [0.25, 0.3) is 54.3 Å². The highest BCUT2D eigenvalue weighted by atomic mass is 32.1. The second kappa shape index (κ2) is 20.1. The van der Waals surface area contributed by atoms with Gasteiger partial charge in [-0.3, -0.25) is 0 Å². The molecule has 2 aliphatic carbocycles. The van der Waals surface area contributed by atoms with Gasteiger partial charge in [-0.25, -0.2) is 0 Å². The van der Waals surface area contributed by atoms with Crippen LogP contribution in [0.2, 0.25) is 0 Å². The molecule has 1 N–H and O–H groups in total. The number of hydrogen-bond donors (Lipinski definition) is 1. The number of nitrogens with one attached hydrogen (secondary N) is 1. The van der Waals surface area contributed by atoms with E-state index in [0.29, 0.717) is 0 Å². The van der Waals surface area contributed by atoms with Crippen LogP contribution in [0.3, 0.4) is 0 Å². The highest BCUT2D eigenvalue weighted by molar-refractivity contribution is 7.29. The molecule has 0 bridgehead atoms. The van der Waals surface area contributed by atoms with Crippen LogP contribution in [0.1, 0.15) is 182 Å². The topological polar surface area (TPSA) is 31.7 Å². The molecule has 2 aromatic heterocycles. The second-order valence-electron chi connectivity index (χ2n) is 32.2. The fourth-order valence-electron chi connectivity index (χ4n) is 14.9. The molecule has 4 nitrogen and oxygen atoms in total. The molecule has 6 heteroatoms. The van der Waals surface area contributed by atoms with Crippen LogP contribution in [-0.2, 0) is 37.9 Å². The van der Waals surface area contributed by atoms with Crippen molar-refractivity contribution in [2.24, 2.45) is 0 Å². The van der Waals surface area contributed by atoms with Crippen molar-refractivity contribution in [1.82, 2.24) is 0 Å². The van der Waals surface area contributed by atoms with Gasteiger partial charge >= 0.3 is 0 Å². The van der Waals surface area contributed by atoms with Crippen LogP contribution < -0.4 is 25.4 Å². The molecule has 9 aromatic carbocycles. The van der Waals surface area contributed by atoms with Crippen molar-refractivity contribution in [3.8, 4) is 22.3 Å². The molecule has 0 saturated carbocycles. The fraction of sp³-hybridized carbons (Fsp3) is 0.325. The van der Waals surface area contributed by atoms with E-state index in [2.05, 4.69) is 310 Å². The van der Waals surface area contributed by atoms with E-state index in [1.165, 1.54) is 93.8 Å². The SMILES string of the molecule is CC(C)(C)c1ccc(Nc2cc3c(cc2-c2c4c(cc5c2oc2ccccc25)N(c2ccc(C(C)(C)C)cc2)c2c(sc5cc6c(cc25)C(C)(C)CCC6(C)C)B4)-c2ccc(N(c4ccc(C(C)(C)C)cc4)c4ccc(C(C)(C)C)cc4)cc2C3(C)C)cc1.